The second kappa shape index (κ2) is 5.08. The molecule has 0 N–H and O–H groups in total. The Balaban J connectivity index is 0.000000461. The number of aromatic nitrogens is 2. The first-order valence-electron chi connectivity index (χ1n) is 3.35. The molecule has 11 heavy (non-hydrogen) atoms. The number of hydrogen-bond donors (Lipinski definition) is 0. The normalized spacial score (nSPS) is 8.45. The molecule has 3 heteroatoms. The van der Waals surface area contributed by atoms with E-state index in [1.165, 1.54) is 6.38 Å². The van der Waals surface area contributed by atoms with Gasteiger partial charge in [-0.25, -0.2) is 9.97 Å². The summed E-state index contributed by atoms with van der Waals surface area (Å²) in [7, 11) is 0. The van der Waals surface area contributed by atoms with Crippen LogP contribution >= 0.6 is 11.6 Å². The van der Waals surface area contributed by atoms with Gasteiger partial charge in [-0.15, -0.1) is 11.6 Å². The van der Waals surface area contributed by atoms with Crippen LogP contribution < -0.4 is 0 Å². The van der Waals surface area contributed by atoms with E-state index in [1.54, 1.807) is 0 Å². The van der Waals surface area contributed by atoms with Crippen LogP contribution in [0.2, 0.25) is 0 Å². The summed E-state index contributed by atoms with van der Waals surface area (Å²) in [6.45, 7) is 5.89. The van der Waals surface area contributed by atoms with Gasteiger partial charge >= 0.3 is 0 Å². The lowest BCUT2D eigenvalue weighted by molar-refractivity contribution is 0.986. The predicted molar refractivity (Wildman–Crippen MR) is 48.0 cm³/mol. The molecule has 0 spiro atoms. The van der Waals surface area contributed by atoms with Gasteiger partial charge in [0.05, 0.1) is 0 Å². The first-order chi connectivity index (χ1) is 5.20. The van der Waals surface area contributed by atoms with Gasteiger partial charge in [-0.3, -0.25) is 0 Å². The van der Waals surface area contributed by atoms with Crippen LogP contribution in [0.4, 0.5) is 0 Å². The first-order valence-corrected chi connectivity index (χ1v) is 4.10. The van der Waals surface area contributed by atoms with Crippen molar-refractivity contribution in [2.75, 3.05) is 6.38 Å². The molecule has 62 valence electrons. The van der Waals surface area contributed by atoms with Crippen LogP contribution in [-0.4, -0.2) is 16.4 Å². The van der Waals surface area contributed by atoms with E-state index in [1.807, 2.05) is 27.0 Å². The van der Waals surface area contributed by atoms with E-state index < -0.39 is 0 Å². The van der Waals surface area contributed by atoms with Gasteiger partial charge in [0.1, 0.15) is 5.82 Å². The highest BCUT2D eigenvalue weighted by atomic mass is 35.5. The summed E-state index contributed by atoms with van der Waals surface area (Å²) in [6.07, 6.45) is 3.32. The topological polar surface area (TPSA) is 25.8 Å². The molecule has 0 atom stereocenters. The third kappa shape index (κ3) is 3.33. The lowest BCUT2D eigenvalue weighted by atomic mass is 10.3. The van der Waals surface area contributed by atoms with Gasteiger partial charge in [-0.2, -0.15) is 0 Å². The highest BCUT2D eigenvalue weighted by Crippen LogP contribution is 1.99. The van der Waals surface area contributed by atoms with Crippen molar-refractivity contribution in [3.63, 3.8) is 0 Å². The van der Waals surface area contributed by atoms with E-state index in [0.29, 0.717) is 0 Å². The third-order valence-electron chi connectivity index (χ3n) is 1.35. The molecule has 0 saturated heterocycles. The van der Waals surface area contributed by atoms with Gasteiger partial charge in [0.2, 0.25) is 0 Å². The minimum atomic E-state index is 0.845. The van der Waals surface area contributed by atoms with E-state index in [9.17, 15) is 0 Å². The van der Waals surface area contributed by atoms with Gasteiger partial charge in [0.15, 0.2) is 0 Å². The Labute approximate surface area is 72.6 Å². The molecule has 0 amide bonds. The van der Waals surface area contributed by atoms with Crippen LogP contribution in [0.1, 0.15) is 17.1 Å². The molecule has 0 fully saturated rings. The molecule has 1 aromatic heterocycles. The number of hydrogen-bond acceptors (Lipinski definition) is 2. The van der Waals surface area contributed by atoms with Crippen LogP contribution in [0.3, 0.4) is 0 Å². The van der Waals surface area contributed by atoms with Crippen LogP contribution in [0.25, 0.3) is 0 Å². The van der Waals surface area contributed by atoms with Crippen LogP contribution in [0, 0.1) is 20.8 Å². The van der Waals surface area contributed by atoms with Gasteiger partial charge in [-0.05, 0) is 26.3 Å². The molecular formula is C8H13ClN2. The Morgan fingerprint density at radius 1 is 1.18 bits per heavy atom. The fraction of sp³-hybridized carbons (Fsp3) is 0.500. The quantitative estimate of drug-likeness (QED) is 0.561. The van der Waals surface area contributed by atoms with Gasteiger partial charge in [0, 0.05) is 18.3 Å². The summed E-state index contributed by atoms with van der Waals surface area (Å²) in [6, 6.07) is 0. The molecular weight excluding hydrogens is 160 g/mol. The lowest BCUT2D eigenvalue weighted by Crippen LogP contribution is -1.92. The summed E-state index contributed by atoms with van der Waals surface area (Å²) >= 11 is 4.64. The maximum Gasteiger partial charge on any atom is 0.125 e. The molecule has 2 nitrogen and oxygen atoms in total. The van der Waals surface area contributed by atoms with Gasteiger partial charge in [0.25, 0.3) is 0 Å². The summed E-state index contributed by atoms with van der Waals surface area (Å²) in [4.78, 5) is 8.19. The monoisotopic (exact) mass is 172 g/mol. The van der Waals surface area contributed by atoms with E-state index in [0.717, 1.165) is 17.1 Å². The van der Waals surface area contributed by atoms with Crippen molar-refractivity contribution in [2.24, 2.45) is 0 Å². The number of aryl methyl sites for hydroxylation is 3. The van der Waals surface area contributed by atoms with Crippen molar-refractivity contribution in [3.05, 3.63) is 23.3 Å². The van der Waals surface area contributed by atoms with Crippen LogP contribution in [0.15, 0.2) is 6.20 Å². The summed E-state index contributed by atoms with van der Waals surface area (Å²) in [5.41, 5.74) is 2.23. The molecule has 0 aromatic carbocycles. The van der Waals surface area contributed by atoms with Crippen LogP contribution in [0.5, 0.6) is 0 Å². The highest BCUT2D eigenvalue weighted by Gasteiger charge is 1.91. The molecule has 0 aliphatic rings. The van der Waals surface area contributed by atoms with Crippen molar-refractivity contribution in [2.45, 2.75) is 20.8 Å². The number of nitrogens with zero attached hydrogens (tertiary/aromatic N) is 2. The van der Waals surface area contributed by atoms with E-state index >= 15 is 0 Å². The highest BCUT2D eigenvalue weighted by molar-refractivity contribution is 6.15. The molecule has 0 aliphatic heterocycles. The van der Waals surface area contributed by atoms with Crippen molar-refractivity contribution in [1.82, 2.24) is 9.97 Å². The second-order valence-electron chi connectivity index (χ2n) is 2.19. The summed E-state index contributed by atoms with van der Waals surface area (Å²) in [5, 5.41) is 0. The Morgan fingerprint density at radius 3 is 2.09 bits per heavy atom. The van der Waals surface area contributed by atoms with Crippen molar-refractivity contribution >= 4 is 11.6 Å². The zero-order valence-corrected chi connectivity index (χ0v) is 8.11. The van der Waals surface area contributed by atoms with Gasteiger partial charge < -0.3 is 0 Å². The molecule has 0 unspecified atom stereocenters. The van der Waals surface area contributed by atoms with Crippen molar-refractivity contribution in [1.29, 1.82) is 0 Å². The molecule has 1 rings (SSSR count). The molecule has 1 heterocycles. The van der Waals surface area contributed by atoms with Crippen molar-refractivity contribution < 1.29 is 0 Å². The summed E-state index contributed by atoms with van der Waals surface area (Å²) < 4.78 is 0. The molecule has 0 saturated carbocycles. The Hall–Kier alpha value is -0.630. The third-order valence-corrected chi connectivity index (χ3v) is 1.35. The summed E-state index contributed by atoms with van der Waals surface area (Å²) in [5.74, 6) is 0.845. The zero-order chi connectivity index (χ0) is 8.85. The number of rotatable bonds is 0. The van der Waals surface area contributed by atoms with Crippen molar-refractivity contribution in [3.8, 4) is 0 Å². The lowest BCUT2D eigenvalue weighted by Gasteiger charge is -1.96. The largest absolute Gasteiger partial charge is 0.241 e. The fourth-order valence-electron chi connectivity index (χ4n) is 0.643. The Morgan fingerprint density at radius 2 is 1.73 bits per heavy atom. The standard InChI is InChI=1S/C7H10N2.CH3Cl/c1-5-4-8-7(3)9-6(5)2;1-2/h4H,1-3H3;1H3. The molecule has 0 radical (unpaired) electrons. The predicted octanol–water partition coefficient (Wildman–Crippen LogP) is 2.26. The Bertz CT molecular complexity index is 223. The number of halogens is 1. The Kier molecular flexibility index (Phi) is 4.79. The number of alkyl halides is 1. The molecule has 0 aliphatic carbocycles. The van der Waals surface area contributed by atoms with E-state index in [4.69, 9.17) is 0 Å². The SMILES string of the molecule is CCl.Cc1ncc(C)c(C)n1. The molecule has 1 aromatic rings. The maximum atomic E-state index is 4.64. The van der Waals surface area contributed by atoms with E-state index in [-0.39, 0.29) is 0 Å². The average molecular weight is 173 g/mol. The zero-order valence-electron chi connectivity index (χ0n) is 7.35. The van der Waals surface area contributed by atoms with E-state index in [2.05, 4.69) is 21.6 Å². The van der Waals surface area contributed by atoms with Crippen LogP contribution in [-0.2, 0) is 0 Å². The van der Waals surface area contributed by atoms with Gasteiger partial charge in [-0.1, -0.05) is 0 Å². The average Bonchev–Trinajstić information content (AvgIpc) is 2.02. The minimum Gasteiger partial charge on any atom is -0.241 e. The fourth-order valence-corrected chi connectivity index (χ4v) is 0.643. The molecule has 0 bridgehead atoms. The first kappa shape index (κ1) is 10.4. The second-order valence-corrected chi connectivity index (χ2v) is 2.19. The minimum absolute atomic E-state index is 0.845. The maximum absolute atomic E-state index is 4.64. The smallest absolute Gasteiger partial charge is 0.125 e.